The Balaban J connectivity index is 1.30. The molecule has 2 aliphatic heterocycles. The van der Waals surface area contributed by atoms with Crippen LogP contribution in [0.2, 0.25) is 0 Å². The molecule has 41 heavy (non-hydrogen) atoms. The Hall–Kier alpha value is -3.21. The molecule has 2 fully saturated rings. The lowest BCUT2D eigenvalue weighted by Gasteiger charge is -2.23. The van der Waals surface area contributed by atoms with Gasteiger partial charge in [-0.25, -0.2) is 4.98 Å². The zero-order valence-electron chi connectivity index (χ0n) is 24.2. The van der Waals surface area contributed by atoms with Crippen molar-refractivity contribution < 1.29 is 28.8 Å². The topological polar surface area (TPSA) is 114 Å². The third-order valence-corrected chi connectivity index (χ3v) is 8.11. The van der Waals surface area contributed by atoms with Crippen LogP contribution in [-0.2, 0) is 32.6 Å². The summed E-state index contributed by atoms with van der Waals surface area (Å²) in [4.78, 5) is 29.9. The van der Waals surface area contributed by atoms with Crippen molar-refractivity contribution in [1.29, 1.82) is 0 Å². The second-order valence-electron chi connectivity index (χ2n) is 11.3. The molecule has 0 bridgehead atoms. The zero-order valence-corrected chi connectivity index (χ0v) is 24.2. The summed E-state index contributed by atoms with van der Waals surface area (Å²) >= 11 is 0. The minimum atomic E-state index is -0.805. The van der Waals surface area contributed by atoms with Crippen molar-refractivity contribution >= 4 is 17.0 Å². The quantitative estimate of drug-likeness (QED) is 0.276. The minimum absolute atomic E-state index is 0.0184. The number of pyridine rings is 1. The molecule has 0 amide bonds. The molecule has 2 saturated heterocycles. The second kappa shape index (κ2) is 13.2. The number of aromatic nitrogens is 3. The molecule has 5 rings (SSSR count). The lowest BCUT2D eigenvalue weighted by molar-refractivity contribution is -0.158. The molecule has 4 heterocycles. The number of carbonyl (C=O) groups excluding carboxylic acids is 1. The van der Waals surface area contributed by atoms with E-state index in [1.54, 1.807) is 18.5 Å². The Morgan fingerprint density at radius 3 is 2.66 bits per heavy atom. The average molecular weight is 568 g/mol. The maximum Gasteiger partial charge on any atom is 0.311 e. The molecule has 0 radical (unpaired) electrons. The number of aliphatic hydroxyl groups excluding tert-OH is 1. The summed E-state index contributed by atoms with van der Waals surface area (Å²) in [7, 11) is 1.77. The summed E-state index contributed by atoms with van der Waals surface area (Å²) < 4.78 is 26.3. The summed E-state index contributed by atoms with van der Waals surface area (Å²) in [5.74, 6) is 1.02. The van der Waals surface area contributed by atoms with Crippen molar-refractivity contribution in [3.05, 3.63) is 46.4 Å². The van der Waals surface area contributed by atoms with Crippen molar-refractivity contribution in [2.45, 2.75) is 64.7 Å². The number of nitrogens with zero attached hydrogens (tertiary/aromatic N) is 3. The number of benzene rings is 1. The third-order valence-electron chi connectivity index (χ3n) is 8.11. The van der Waals surface area contributed by atoms with Gasteiger partial charge in [0.1, 0.15) is 17.7 Å². The van der Waals surface area contributed by atoms with E-state index in [0.717, 1.165) is 55.0 Å². The van der Waals surface area contributed by atoms with Gasteiger partial charge in [-0.05, 0) is 63.6 Å². The predicted octanol–water partition coefficient (Wildman–Crippen LogP) is 3.63. The molecule has 10 heteroatoms. The number of rotatable bonds is 11. The molecule has 0 aliphatic carbocycles. The van der Waals surface area contributed by atoms with Gasteiger partial charge in [0, 0.05) is 56.6 Å². The fourth-order valence-corrected chi connectivity index (χ4v) is 5.70. The Kier molecular flexibility index (Phi) is 9.42. The SMILES string of the molecule is Cc1cc(-c2nc3cc(OCCC[C@H](C(=O)O[C@H]4CCOC4)[C@@H](C)O)ccc3n2CC2CCOCC2)cn(C)c1=O. The van der Waals surface area contributed by atoms with Gasteiger partial charge in [-0.2, -0.15) is 0 Å². The Bertz CT molecular complexity index is 1370. The first-order valence-electron chi connectivity index (χ1n) is 14.6. The highest BCUT2D eigenvalue weighted by atomic mass is 16.6. The second-order valence-corrected chi connectivity index (χ2v) is 11.3. The first-order chi connectivity index (χ1) is 19.8. The molecule has 1 aromatic carbocycles. The summed E-state index contributed by atoms with van der Waals surface area (Å²) in [5.41, 5.74) is 3.39. The van der Waals surface area contributed by atoms with Crippen LogP contribution in [0.5, 0.6) is 5.75 Å². The lowest BCUT2D eigenvalue weighted by Crippen LogP contribution is -2.31. The Morgan fingerprint density at radius 2 is 1.95 bits per heavy atom. The van der Waals surface area contributed by atoms with Gasteiger partial charge in [0.15, 0.2) is 0 Å². The molecule has 3 aromatic rings. The molecule has 2 aliphatic rings. The van der Waals surface area contributed by atoms with Crippen LogP contribution in [0.15, 0.2) is 35.3 Å². The van der Waals surface area contributed by atoms with E-state index in [1.165, 1.54) is 0 Å². The van der Waals surface area contributed by atoms with Crippen molar-refractivity contribution in [2.24, 2.45) is 18.9 Å². The maximum atomic E-state index is 12.6. The van der Waals surface area contributed by atoms with Gasteiger partial charge in [0.25, 0.3) is 5.56 Å². The number of imidazole rings is 1. The normalized spacial score (nSPS) is 19.4. The van der Waals surface area contributed by atoms with Crippen LogP contribution in [0.25, 0.3) is 22.4 Å². The smallest absolute Gasteiger partial charge is 0.311 e. The molecule has 222 valence electrons. The van der Waals surface area contributed by atoms with E-state index in [0.29, 0.717) is 56.3 Å². The van der Waals surface area contributed by atoms with Crippen LogP contribution in [-0.4, -0.2) is 70.4 Å². The largest absolute Gasteiger partial charge is 0.494 e. The number of aryl methyl sites for hydroxylation is 2. The molecule has 3 atom stereocenters. The Morgan fingerprint density at radius 1 is 1.17 bits per heavy atom. The number of ether oxygens (including phenoxy) is 4. The first kappa shape index (κ1) is 29.3. The average Bonchev–Trinajstić information content (AvgIpc) is 3.59. The highest BCUT2D eigenvalue weighted by Gasteiger charge is 2.29. The van der Waals surface area contributed by atoms with Crippen molar-refractivity contribution in [1.82, 2.24) is 14.1 Å². The summed E-state index contributed by atoms with van der Waals surface area (Å²) in [6.45, 7) is 7.21. The van der Waals surface area contributed by atoms with Gasteiger partial charge in [0.05, 0.1) is 42.9 Å². The number of esters is 1. The van der Waals surface area contributed by atoms with Crippen molar-refractivity contribution in [2.75, 3.05) is 33.0 Å². The first-order valence-corrected chi connectivity index (χ1v) is 14.6. The molecule has 1 N–H and O–H groups in total. The number of hydrogen-bond acceptors (Lipinski definition) is 8. The highest BCUT2D eigenvalue weighted by molar-refractivity contribution is 5.82. The van der Waals surface area contributed by atoms with E-state index < -0.39 is 12.0 Å². The number of carbonyl (C=O) groups is 1. The Labute approximate surface area is 240 Å². The van der Waals surface area contributed by atoms with Gasteiger partial charge in [-0.3, -0.25) is 9.59 Å². The van der Waals surface area contributed by atoms with E-state index in [9.17, 15) is 14.7 Å². The fraction of sp³-hybridized carbons (Fsp3) is 0.581. The third kappa shape index (κ3) is 6.99. The van der Waals surface area contributed by atoms with Gasteiger partial charge in [-0.1, -0.05) is 0 Å². The maximum absolute atomic E-state index is 12.6. The van der Waals surface area contributed by atoms with Crippen LogP contribution in [0, 0.1) is 18.8 Å². The molecular weight excluding hydrogens is 526 g/mol. The van der Waals surface area contributed by atoms with E-state index in [2.05, 4.69) is 4.57 Å². The predicted molar refractivity (Wildman–Crippen MR) is 154 cm³/mol. The molecule has 0 spiro atoms. The lowest BCUT2D eigenvalue weighted by atomic mass is 9.98. The monoisotopic (exact) mass is 567 g/mol. The van der Waals surface area contributed by atoms with Gasteiger partial charge in [0.2, 0.25) is 0 Å². The zero-order chi connectivity index (χ0) is 28.9. The van der Waals surface area contributed by atoms with Gasteiger partial charge in [-0.15, -0.1) is 0 Å². The van der Waals surface area contributed by atoms with Crippen LogP contribution in [0.3, 0.4) is 0 Å². The number of aliphatic hydroxyl groups is 1. The van der Waals surface area contributed by atoms with E-state index >= 15 is 0 Å². The van der Waals surface area contributed by atoms with E-state index in [4.69, 9.17) is 23.9 Å². The van der Waals surface area contributed by atoms with Gasteiger partial charge < -0.3 is 33.2 Å². The van der Waals surface area contributed by atoms with E-state index in [1.807, 2.05) is 37.4 Å². The van der Waals surface area contributed by atoms with Crippen molar-refractivity contribution in [3.8, 4) is 17.1 Å². The number of fused-ring (bicyclic) bond motifs is 1. The van der Waals surface area contributed by atoms with E-state index in [-0.39, 0.29) is 17.6 Å². The highest BCUT2D eigenvalue weighted by Crippen LogP contribution is 2.30. The van der Waals surface area contributed by atoms with Crippen molar-refractivity contribution in [3.63, 3.8) is 0 Å². The standard InChI is InChI=1S/C31H41N3O7/c1-20-15-23(18-33(3)30(20)36)29-32-27-16-24(6-7-28(27)34(29)17-22-8-12-38-13-9-22)40-11-4-5-26(21(2)35)31(37)41-25-10-14-39-19-25/h6-7,15-16,18,21-22,25-26,35H,4-5,8-14,17,19H2,1-3H3/t21-,25+,26+/m1/s1. The fourth-order valence-electron chi connectivity index (χ4n) is 5.70. The molecular formula is C31H41N3O7. The van der Waals surface area contributed by atoms with Crippen LogP contribution < -0.4 is 10.3 Å². The summed E-state index contributed by atoms with van der Waals surface area (Å²) in [5, 5.41) is 10.2. The van der Waals surface area contributed by atoms with Gasteiger partial charge >= 0.3 is 5.97 Å². The molecule has 10 nitrogen and oxygen atoms in total. The minimum Gasteiger partial charge on any atom is -0.494 e. The van der Waals surface area contributed by atoms with Crippen LogP contribution in [0.1, 0.15) is 44.6 Å². The summed E-state index contributed by atoms with van der Waals surface area (Å²) in [6, 6.07) is 7.83. The van der Waals surface area contributed by atoms with Crippen LogP contribution >= 0.6 is 0 Å². The molecule has 0 unspecified atom stereocenters. The molecule has 0 saturated carbocycles. The van der Waals surface area contributed by atoms with Crippen LogP contribution in [0.4, 0.5) is 0 Å². The molecule has 2 aromatic heterocycles. The summed E-state index contributed by atoms with van der Waals surface area (Å²) in [6.07, 6.45) is 4.56. The number of hydrogen-bond donors (Lipinski definition) is 1.